The van der Waals surface area contributed by atoms with Crippen LogP contribution in [0.4, 0.5) is 0 Å². The van der Waals surface area contributed by atoms with Gasteiger partial charge in [0.05, 0.1) is 9.98 Å². The molecule has 2 N–H and O–H groups in total. The summed E-state index contributed by atoms with van der Waals surface area (Å²) in [5.41, 5.74) is 0. The van der Waals surface area contributed by atoms with Gasteiger partial charge >= 0.3 is 0 Å². The van der Waals surface area contributed by atoms with Gasteiger partial charge in [-0.3, -0.25) is 0 Å². The molecule has 0 unspecified atom stereocenters. The van der Waals surface area contributed by atoms with Gasteiger partial charge in [0, 0.05) is 13.1 Å². The molecule has 0 radical (unpaired) electrons. The first-order valence-corrected chi connectivity index (χ1v) is 8.05. The van der Waals surface area contributed by atoms with Crippen LogP contribution in [0, 0.1) is 0 Å². The fraction of sp³-hybridized carbons (Fsp3) is 0.857. The SMILES string of the molecule is CCCCCC(=S)NCCNC(=S)CCCCC. The molecule has 0 spiro atoms. The molecule has 2 nitrogen and oxygen atoms in total. The minimum Gasteiger partial charge on any atom is -0.378 e. The van der Waals surface area contributed by atoms with Gasteiger partial charge in [-0.1, -0.05) is 64.0 Å². The van der Waals surface area contributed by atoms with Crippen molar-refractivity contribution in [2.75, 3.05) is 13.1 Å². The molecule has 0 saturated carbocycles. The van der Waals surface area contributed by atoms with Gasteiger partial charge in [-0.05, 0) is 25.7 Å². The summed E-state index contributed by atoms with van der Waals surface area (Å²) < 4.78 is 0. The second kappa shape index (κ2) is 13.2. The molecule has 4 heteroatoms. The van der Waals surface area contributed by atoms with Crippen LogP contribution in [0.15, 0.2) is 0 Å². The lowest BCUT2D eigenvalue weighted by Crippen LogP contribution is -2.33. The molecule has 0 bridgehead atoms. The number of hydrogen-bond acceptors (Lipinski definition) is 2. The minimum absolute atomic E-state index is 0.874. The largest absolute Gasteiger partial charge is 0.378 e. The second-order valence-electron chi connectivity index (χ2n) is 4.61. The number of thiocarbonyl (C=S) groups is 2. The van der Waals surface area contributed by atoms with Crippen LogP contribution in [0.2, 0.25) is 0 Å². The van der Waals surface area contributed by atoms with Gasteiger partial charge in [0.15, 0.2) is 0 Å². The fourth-order valence-electron chi connectivity index (χ4n) is 1.65. The number of rotatable bonds is 11. The minimum atomic E-state index is 0.874. The summed E-state index contributed by atoms with van der Waals surface area (Å²) in [5, 5.41) is 6.55. The first-order valence-electron chi connectivity index (χ1n) is 7.24. The summed E-state index contributed by atoms with van der Waals surface area (Å²) in [4.78, 5) is 1.98. The summed E-state index contributed by atoms with van der Waals surface area (Å²) in [7, 11) is 0. The topological polar surface area (TPSA) is 24.1 Å². The fourth-order valence-corrected chi connectivity index (χ4v) is 2.14. The smallest absolute Gasteiger partial charge is 0.0753 e. The lowest BCUT2D eigenvalue weighted by molar-refractivity contribution is 0.718. The zero-order valence-electron chi connectivity index (χ0n) is 11.9. The maximum absolute atomic E-state index is 5.26. The number of nitrogens with one attached hydrogen (secondary N) is 2. The number of hydrogen-bond donors (Lipinski definition) is 2. The van der Waals surface area contributed by atoms with E-state index < -0.39 is 0 Å². The molecule has 0 heterocycles. The molecule has 0 aliphatic rings. The second-order valence-corrected chi connectivity index (χ2v) is 5.60. The Hall–Kier alpha value is -0.220. The summed E-state index contributed by atoms with van der Waals surface area (Å²) in [6, 6.07) is 0. The van der Waals surface area contributed by atoms with E-state index in [1.807, 2.05) is 0 Å². The van der Waals surface area contributed by atoms with Crippen molar-refractivity contribution >= 4 is 34.4 Å². The average Bonchev–Trinajstić information content (AvgIpc) is 2.35. The summed E-state index contributed by atoms with van der Waals surface area (Å²) >= 11 is 10.5. The predicted molar refractivity (Wildman–Crippen MR) is 89.5 cm³/mol. The van der Waals surface area contributed by atoms with E-state index in [0.717, 1.165) is 35.9 Å². The van der Waals surface area contributed by atoms with E-state index in [4.69, 9.17) is 24.4 Å². The molecule has 0 fully saturated rings. The Bertz CT molecular complexity index is 206. The summed E-state index contributed by atoms with van der Waals surface area (Å²) in [6.07, 6.45) is 9.46. The zero-order chi connectivity index (χ0) is 13.6. The maximum Gasteiger partial charge on any atom is 0.0753 e. The maximum atomic E-state index is 5.26. The Morgan fingerprint density at radius 2 is 1.11 bits per heavy atom. The number of unbranched alkanes of at least 4 members (excludes halogenated alkanes) is 4. The van der Waals surface area contributed by atoms with Crippen LogP contribution in [-0.4, -0.2) is 23.1 Å². The molecular formula is C14H28N2S2. The third-order valence-corrected chi connectivity index (χ3v) is 3.48. The molecule has 0 amide bonds. The van der Waals surface area contributed by atoms with Crippen LogP contribution in [0.5, 0.6) is 0 Å². The predicted octanol–water partition coefficient (Wildman–Crippen LogP) is 3.98. The van der Waals surface area contributed by atoms with Crippen molar-refractivity contribution in [1.29, 1.82) is 0 Å². The Labute approximate surface area is 123 Å². The van der Waals surface area contributed by atoms with E-state index in [2.05, 4.69) is 24.5 Å². The molecule has 0 saturated heterocycles. The average molecular weight is 289 g/mol. The van der Waals surface area contributed by atoms with Crippen molar-refractivity contribution in [3.63, 3.8) is 0 Å². The van der Waals surface area contributed by atoms with Gasteiger partial charge in [-0.2, -0.15) is 0 Å². The Morgan fingerprint density at radius 1 is 0.722 bits per heavy atom. The van der Waals surface area contributed by atoms with Crippen LogP contribution < -0.4 is 10.6 Å². The molecular weight excluding hydrogens is 260 g/mol. The van der Waals surface area contributed by atoms with Gasteiger partial charge in [0.25, 0.3) is 0 Å². The van der Waals surface area contributed by atoms with Crippen LogP contribution in [0.3, 0.4) is 0 Å². The molecule has 0 aliphatic heterocycles. The van der Waals surface area contributed by atoms with E-state index in [9.17, 15) is 0 Å². The highest BCUT2D eigenvalue weighted by atomic mass is 32.1. The molecule has 0 aliphatic carbocycles. The molecule has 0 aromatic carbocycles. The van der Waals surface area contributed by atoms with Gasteiger partial charge in [-0.15, -0.1) is 0 Å². The zero-order valence-corrected chi connectivity index (χ0v) is 13.5. The summed E-state index contributed by atoms with van der Waals surface area (Å²) in [5.74, 6) is 0. The van der Waals surface area contributed by atoms with Crippen molar-refractivity contribution < 1.29 is 0 Å². The van der Waals surface area contributed by atoms with Gasteiger partial charge < -0.3 is 10.6 Å². The standard InChI is InChI=1S/C14H28N2S2/c1-3-5-7-9-13(17)15-11-12-16-14(18)10-8-6-4-2/h3-12H2,1-2H3,(H,15,17)(H,16,18). The van der Waals surface area contributed by atoms with Crippen LogP contribution in [0.1, 0.15) is 65.2 Å². The van der Waals surface area contributed by atoms with Crippen LogP contribution >= 0.6 is 24.4 Å². The molecule has 18 heavy (non-hydrogen) atoms. The third-order valence-electron chi connectivity index (χ3n) is 2.78. The van der Waals surface area contributed by atoms with Crippen LogP contribution in [-0.2, 0) is 0 Å². The van der Waals surface area contributed by atoms with Crippen molar-refractivity contribution in [2.45, 2.75) is 65.2 Å². The monoisotopic (exact) mass is 288 g/mol. The van der Waals surface area contributed by atoms with Gasteiger partial charge in [0.1, 0.15) is 0 Å². The lowest BCUT2D eigenvalue weighted by atomic mass is 10.2. The third kappa shape index (κ3) is 12.2. The normalized spacial score (nSPS) is 10.1. The van der Waals surface area contributed by atoms with Crippen molar-refractivity contribution in [3.8, 4) is 0 Å². The molecule has 0 aromatic heterocycles. The van der Waals surface area contributed by atoms with E-state index in [-0.39, 0.29) is 0 Å². The van der Waals surface area contributed by atoms with Crippen molar-refractivity contribution in [1.82, 2.24) is 10.6 Å². The summed E-state index contributed by atoms with van der Waals surface area (Å²) in [6.45, 7) is 6.16. The van der Waals surface area contributed by atoms with E-state index in [1.165, 1.54) is 38.5 Å². The Kier molecular flexibility index (Phi) is 13.1. The van der Waals surface area contributed by atoms with E-state index >= 15 is 0 Å². The van der Waals surface area contributed by atoms with E-state index in [0.29, 0.717) is 0 Å². The highest BCUT2D eigenvalue weighted by Crippen LogP contribution is 2.00. The first-order chi connectivity index (χ1) is 8.70. The van der Waals surface area contributed by atoms with Crippen LogP contribution in [0.25, 0.3) is 0 Å². The Balaban J connectivity index is 3.32. The van der Waals surface area contributed by atoms with E-state index in [1.54, 1.807) is 0 Å². The highest BCUT2D eigenvalue weighted by molar-refractivity contribution is 7.80. The molecule has 0 atom stereocenters. The first kappa shape index (κ1) is 17.8. The van der Waals surface area contributed by atoms with Gasteiger partial charge in [0.2, 0.25) is 0 Å². The molecule has 106 valence electrons. The van der Waals surface area contributed by atoms with Crippen molar-refractivity contribution in [3.05, 3.63) is 0 Å². The molecule has 0 aromatic rings. The Morgan fingerprint density at radius 3 is 1.44 bits per heavy atom. The lowest BCUT2D eigenvalue weighted by Gasteiger charge is -2.10. The van der Waals surface area contributed by atoms with Crippen molar-refractivity contribution in [2.24, 2.45) is 0 Å². The molecule has 0 rings (SSSR count). The quantitative estimate of drug-likeness (QED) is 0.443. The highest BCUT2D eigenvalue weighted by Gasteiger charge is 1.97. The van der Waals surface area contributed by atoms with Gasteiger partial charge in [-0.25, -0.2) is 0 Å².